The van der Waals surface area contributed by atoms with Crippen molar-refractivity contribution in [2.24, 2.45) is 0 Å². The SMILES string of the molecule is COc1ccc(C(=O)C(C=O)c2ccc(C(C)(C)C)cc2)cc1. The molecule has 0 aliphatic heterocycles. The lowest BCUT2D eigenvalue weighted by atomic mass is 9.84. The summed E-state index contributed by atoms with van der Waals surface area (Å²) in [7, 11) is 1.57. The summed E-state index contributed by atoms with van der Waals surface area (Å²) in [5.74, 6) is -0.303. The van der Waals surface area contributed by atoms with Crippen molar-refractivity contribution >= 4 is 12.1 Å². The average molecular weight is 310 g/mol. The molecule has 3 heteroatoms. The molecule has 2 aromatic rings. The number of benzene rings is 2. The molecule has 0 aliphatic carbocycles. The van der Waals surface area contributed by atoms with Crippen LogP contribution in [-0.4, -0.2) is 19.2 Å². The Labute approximate surface area is 137 Å². The molecule has 0 aromatic heterocycles. The topological polar surface area (TPSA) is 43.4 Å². The highest BCUT2D eigenvalue weighted by molar-refractivity contribution is 6.09. The summed E-state index contributed by atoms with van der Waals surface area (Å²) in [6, 6.07) is 14.5. The van der Waals surface area contributed by atoms with E-state index in [2.05, 4.69) is 20.8 Å². The summed E-state index contributed by atoms with van der Waals surface area (Å²) in [5.41, 5.74) is 2.43. The first-order valence-electron chi connectivity index (χ1n) is 7.61. The minimum absolute atomic E-state index is 0.0369. The highest BCUT2D eigenvalue weighted by Crippen LogP contribution is 2.26. The number of rotatable bonds is 5. The lowest BCUT2D eigenvalue weighted by Crippen LogP contribution is -2.15. The van der Waals surface area contributed by atoms with Crippen LogP contribution in [0.4, 0.5) is 0 Å². The highest BCUT2D eigenvalue weighted by atomic mass is 16.5. The van der Waals surface area contributed by atoms with Gasteiger partial charge in [-0.3, -0.25) is 4.79 Å². The first-order valence-corrected chi connectivity index (χ1v) is 7.61. The summed E-state index contributed by atoms with van der Waals surface area (Å²) < 4.78 is 5.08. The van der Waals surface area contributed by atoms with E-state index in [0.717, 1.165) is 0 Å². The van der Waals surface area contributed by atoms with Crippen LogP contribution in [0.2, 0.25) is 0 Å². The van der Waals surface area contributed by atoms with Gasteiger partial charge in [0.15, 0.2) is 5.78 Å². The summed E-state index contributed by atoms with van der Waals surface area (Å²) in [4.78, 5) is 24.1. The van der Waals surface area contributed by atoms with Gasteiger partial charge in [0.1, 0.15) is 18.0 Å². The zero-order valence-electron chi connectivity index (χ0n) is 14.0. The Morgan fingerprint density at radius 3 is 2.00 bits per heavy atom. The molecule has 1 atom stereocenters. The Hall–Kier alpha value is -2.42. The van der Waals surface area contributed by atoms with Crippen LogP contribution >= 0.6 is 0 Å². The van der Waals surface area contributed by atoms with Gasteiger partial charge >= 0.3 is 0 Å². The lowest BCUT2D eigenvalue weighted by molar-refractivity contribution is -0.108. The van der Waals surface area contributed by atoms with Gasteiger partial charge in [-0.1, -0.05) is 45.0 Å². The van der Waals surface area contributed by atoms with Crippen LogP contribution in [0.15, 0.2) is 48.5 Å². The fourth-order valence-corrected chi connectivity index (χ4v) is 2.42. The number of aldehydes is 1. The molecular weight excluding hydrogens is 288 g/mol. The zero-order chi connectivity index (χ0) is 17.0. The Morgan fingerprint density at radius 2 is 1.57 bits per heavy atom. The van der Waals surface area contributed by atoms with E-state index in [1.54, 1.807) is 31.4 Å². The standard InChI is InChI=1S/C20H22O3/c1-20(2,3)16-9-5-14(6-10-16)18(13-21)19(22)15-7-11-17(23-4)12-8-15/h5-13,18H,1-4H3. The van der Waals surface area contributed by atoms with E-state index in [1.807, 2.05) is 24.3 Å². The molecule has 2 rings (SSSR count). The van der Waals surface area contributed by atoms with Crippen LogP contribution in [0.5, 0.6) is 5.75 Å². The van der Waals surface area contributed by atoms with E-state index in [9.17, 15) is 9.59 Å². The first kappa shape index (κ1) is 16.9. The maximum atomic E-state index is 12.6. The minimum Gasteiger partial charge on any atom is -0.497 e. The third-order valence-electron chi connectivity index (χ3n) is 3.93. The third-order valence-corrected chi connectivity index (χ3v) is 3.93. The number of ketones is 1. The largest absolute Gasteiger partial charge is 0.497 e. The monoisotopic (exact) mass is 310 g/mol. The van der Waals surface area contributed by atoms with Crippen LogP contribution in [0.25, 0.3) is 0 Å². The van der Waals surface area contributed by atoms with Crippen molar-refractivity contribution in [2.45, 2.75) is 32.1 Å². The molecule has 1 unspecified atom stereocenters. The van der Waals surface area contributed by atoms with Crippen molar-refractivity contribution in [2.75, 3.05) is 7.11 Å². The number of ether oxygens (including phenoxy) is 1. The summed E-state index contributed by atoms with van der Waals surface area (Å²) in [6.45, 7) is 6.38. The molecule has 0 N–H and O–H groups in total. The molecule has 0 amide bonds. The van der Waals surface area contributed by atoms with Gasteiger partial charge < -0.3 is 9.53 Å². The molecule has 0 radical (unpaired) electrons. The van der Waals surface area contributed by atoms with Gasteiger partial charge in [0.05, 0.1) is 7.11 Å². The number of carbonyl (C=O) groups excluding carboxylic acids is 2. The molecule has 0 aliphatic rings. The van der Waals surface area contributed by atoms with Crippen molar-refractivity contribution in [1.29, 1.82) is 0 Å². The molecule has 2 aromatic carbocycles. The second-order valence-corrected chi connectivity index (χ2v) is 6.58. The molecular formula is C20H22O3. The van der Waals surface area contributed by atoms with Crippen LogP contribution in [-0.2, 0) is 10.2 Å². The highest BCUT2D eigenvalue weighted by Gasteiger charge is 2.22. The summed E-state index contributed by atoms with van der Waals surface area (Å²) >= 11 is 0. The van der Waals surface area contributed by atoms with Gasteiger partial charge in [0.25, 0.3) is 0 Å². The van der Waals surface area contributed by atoms with Gasteiger partial charge in [0.2, 0.25) is 0 Å². The van der Waals surface area contributed by atoms with Crippen LogP contribution < -0.4 is 4.74 Å². The van der Waals surface area contributed by atoms with E-state index in [1.165, 1.54) is 5.56 Å². The Kier molecular flexibility index (Phi) is 4.99. The van der Waals surface area contributed by atoms with E-state index in [4.69, 9.17) is 4.74 Å². The predicted octanol–water partition coefficient (Wildman–Crippen LogP) is 4.16. The number of carbonyl (C=O) groups is 2. The number of hydrogen-bond acceptors (Lipinski definition) is 3. The Balaban J connectivity index is 2.27. The van der Waals surface area contributed by atoms with Crippen molar-refractivity contribution in [3.05, 3.63) is 65.2 Å². The lowest BCUT2D eigenvalue weighted by Gasteiger charge is -2.20. The molecule has 0 saturated heterocycles. The van der Waals surface area contributed by atoms with E-state index in [-0.39, 0.29) is 11.2 Å². The summed E-state index contributed by atoms with van der Waals surface area (Å²) in [6.07, 6.45) is 0.707. The summed E-state index contributed by atoms with van der Waals surface area (Å²) in [5, 5.41) is 0. The normalized spacial score (nSPS) is 12.5. The fourth-order valence-electron chi connectivity index (χ4n) is 2.42. The number of methoxy groups -OCH3 is 1. The Morgan fingerprint density at radius 1 is 1.00 bits per heavy atom. The molecule has 120 valence electrons. The van der Waals surface area contributed by atoms with Gasteiger partial charge in [-0.05, 0) is 40.8 Å². The predicted molar refractivity (Wildman–Crippen MR) is 91.3 cm³/mol. The maximum absolute atomic E-state index is 12.6. The zero-order valence-corrected chi connectivity index (χ0v) is 14.0. The average Bonchev–Trinajstić information content (AvgIpc) is 2.55. The molecule has 0 fully saturated rings. The molecule has 0 saturated carbocycles. The fraction of sp³-hybridized carbons (Fsp3) is 0.300. The van der Waals surface area contributed by atoms with Crippen LogP contribution in [0.3, 0.4) is 0 Å². The van der Waals surface area contributed by atoms with Crippen molar-refractivity contribution in [3.63, 3.8) is 0 Å². The smallest absolute Gasteiger partial charge is 0.177 e. The molecule has 3 nitrogen and oxygen atoms in total. The van der Waals surface area contributed by atoms with Crippen molar-refractivity contribution in [1.82, 2.24) is 0 Å². The van der Waals surface area contributed by atoms with Crippen LogP contribution in [0.1, 0.15) is 48.2 Å². The maximum Gasteiger partial charge on any atom is 0.177 e. The molecule has 23 heavy (non-hydrogen) atoms. The second-order valence-electron chi connectivity index (χ2n) is 6.58. The minimum atomic E-state index is -0.780. The van der Waals surface area contributed by atoms with Crippen LogP contribution in [0, 0.1) is 0 Å². The van der Waals surface area contributed by atoms with E-state index in [0.29, 0.717) is 23.2 Å². The quantitative estimate of drug-likeness (QED) is 0.473. The third kappa shape index (κ3) is 3.86. The molecule has 0 spiro atoms. The number of hydrogen-bond donors (Lipinski definition) is 0. The molecule has 0 bridgehead atoms. The molecule has 0 heterocycles. The van der Waals surface area contributed by atoms with E-state index < -0.39 is 5.92 Å². The second kappa shape index (κ2) is 6.78. The number of Topliss-reactive ketones (excluding diaryl/α,β-unsaturated/α-hetero) is 1. The Bertz CT molecular complexity index is 676. The first-order chi connectivity index (χ1) is 10.9. The van der Waals surface area contributed by atoms with Crippen molar-refractivity contribution < 1.29 is 14.3 Å². The van der Waals surface area contributed by atoms with Gasteiger partial charge in [-0.25, -0.2) is 0 Å². The van der Waals surface area contributed by atoms with Crippen molar-refractivity contribution in [3.8, 4) is 5.75 Å². The van der Waals surface area contributed by atoms with E-state index >= 15 is 0 Å². The van der Waals surface area contributed by atoms with Gasteiger partial charge in [-0.15, -0.1) is 0 Å². The van der Waals surface area contributed by atoms with Gasteiger partial charge in [-0.2, -0.15) is 0 Å². The van der Waals surface area contributed by atoms with Gasteiger partial charge in [0, 0.05) is 5.56 Å².